The predicted molar refractivity (Wildman–Crippen MR) is 109 cm³/mol. The van der Waals surface area contributed by atoms with Gasteiger partial charge in [-0.05, 0) is 23.6 Å². The number of nitrogens with zero attached hydrogens (tertiary/aromatic N) is 4. The van der Waals surface area contributed by atoms with Crippen LogP contribution in [0, 0.1) is 0 Å². The van der Waals surface area contributed by atoms with Gasteiger partial charge in [-0.3, -0.25) is 4.79 Å². The summed E-state index contributed by atoms with van der Waals surface area (Å²) in [5, 5.41) is 2.63. The van der Waals surface area contributed by atoms with Gasteiger partial charge in [-0.25, -0.2) is 4.98 Å². The number of thiophene rings is 1. The van der Waals surface area contributed by atoms with Gasteiger partial charge in [0.05, 0.1) is 19.1 Å². The second-order valence-electron chi connectivity index (χ2n) is 6.36. The lowest BCUT2D eigenvalue weighted by Gasteiger charge is -2.34. The summed E-state index contributed by atoms with van der Waals surface area (Å²) >= 11 is 1.46. The number of hydrogen-bond donors (Lipinski definition) is 1. The molecule has 4 rings (SSSR count). The smallest absolute Gasteiger partial charge is 0.264 e. The van der Waals surface area contributed by atoms with E-state index in [0.717, 1.165) is 4.88 Å². The lowest BCUT2D eigenvalue weighted by atomic mass is 10.2. The zero-order chi connectivity index (χ0) is 19.7. The Labute approximate surface area is 166 Å². The van der Waals surface area contributed by atoms with Crippen molar-refractivity contribution in [1.29, 1.82) is 0 Å². The molecule has 0 saturated carbocycles. The number of carbonyl (C=O) groups is 1. The molecule has 0 unspecified atom stereocenters. The van der Waals surface area contributed by atoms with Gasteiger partial charge in [-0.15, -0.1) is 11.3 Å². The van der Waals surface area contributed by atoms with Crippen molar-refractivity contribution >= 4 is 39.9 Å². The molecule has 9 heteroatoms. The van der Waals surface area contributed by atoms with E-state index in [0.29, 0.717) is 60.3 Å². The molecule has 1 aliphatic heterocycles. The van der Waals surface area contributed by atoms with Gasteiger partial charge in [0.1, 0.15) is 11.3 Å². The van der Waals surface area contributed by atoms with Gasteiger partial charge in [-0.2, -0.15) is 4.98 Å². The molecule has 1 aromatic carbocycles. The molecule has 0 atom stereocenters. The van der Waals surface area contributed by atoms with Crippen LogP contribution in [0.1, 0.15) is 9.67 Å². The van der Waals surface area contributed by atoms with Crippen LogP contribution in [0.25, 0.3) is 10.9 Å². The molecule has 2 aromatic heterocycles. The predicted octanol–water partition coefficient (Wildman–Crippen LogP) is 2.25. The molecule has 1 amide bonds. The first kappa shape index (κ1) is 18.3. The Bertz CT molecular complexity index is 1000. The molecule has 146 valence electrons. The molecule has 1 saturated heterocycles. The molecule has 0 aliphatic carbocycles. The molecular weight excluding hydrogens is 378 g/mol. The van der Waals surface area contributed by atoms with Crippen molar-refractivity contribution in [2.45, 2.75) is 0 Å². The van der Waals surface area contributed by atoms with Crippen LogP contribution in [0.4, 0.5) is 11.8 Å². The van der Waals surface area contributed by atoms with Crippen molar-refractivity contribution in [3.63, 3.8) is 0 Å². The number of amides is 1. The van der Waals surface area contributed by atoms with Crippen LogP contribution in [0.2, 0.25) is 0 Å². The summed E-state index contributed by atoms with van der Waals surface area (Å²) in [7, 11) is 3.16. The molecule has 0 spiro atoms. The zero-order valence-electron chi connectivity index (χ0n) is 15.7. The van der Waals surface area contributed by atoms with Crippen molar-refractivity contribution in [3.05, 3.63) is 34.5 Å². The van der Waals surface area contributed by atoms with Gasteiger partial charge < -0.3 is 25.0 Å². The fourth-order valence-corrected chi connectivity index (χ4v) is 4.02. The minimum Gasteiger partial charge on any atom is -0.493 e. The first-order valence-electron chi connectivity index (χ1n) is 8.88. The average Bonchev–Trinajstić information content (AvgIpc) is 3.27. The summed E-state index contributed by atoms with van der Waals surface area (Å²) in [6, 6.07) is 7.36. The molecule has 3 aromatic rings. The molecule has 1 fully saturated rings. The summed E-state index contributed by atoms with van der Waals surface area (Å²) < 4.78 is 10.9. The zero-order valence-corrected chi connectivity index (χ0v) is 16.5. The van der Waals surface area contributed by atoms with Crippen LogP contribution in [0.15, 0.2) is 29.6 Å². The van der Waals surface area contributed by atoms with E-state index in [1.165, 1.54) is 11.3 Å². The highest BCUT2D eigenvalue weighted by molar-refractivity contribution is 7.12. The van der Waals surface area contributed by atoms with Crippen molar-refractivity contribution in [2.24, 2.45) is 0 Å². The maximum absolute atomic E-state index is 12.5. The number of anilines is 2. The van der Waals surface area contributed by atoms with E-state index in [1.807, 2.05) is 33.4 Å². The molecule has 1 aliphatic rings. The van der Waals surface area contributed by atoms with E-state index in [2.05, 4.69) is 9.97 Å². The maximum atomic E-state index is 12.5. The molecule has 28 heavy (non-hydrogen) atoms. The minimum atomic E-state index is 0.0694. The van der Waals surface area contributed by atoms with E-state index in [4.69, 9.17) is 15.2 Å². The quantitative estimate of drug-likeness (QED) is 0.719. The number of nitrogen functional groups attached to an aromatic ring is 1. The molecule has 0 radical (unpaired) electrons. The van der Waals surface area contributed by atoms with Crippen molar-refractivity contribution in [2.75, 3.05) is 51.0 Å². The lowest BCUT2D eigenvalue weighted by Crippen LogP contribution is -2.49. The Kier molecular flexibility index (Phi) is 4.91. The molecule has 0 bridgehead atoms. The van der Waals surface area contributed by atoms with Crippen LogP contribution >= 0.6 is 11.3 Å². The number of aromatic nitrogens is 2. The first-order chi connectivity index (χ1) is 13.6. The highest BCUT2D eigenvalue weighted by Crippen LogP contribution is 2.36. The summed E-state index contributed by atoms with van der Waals surface area (Å²) in [6.07, 6.45) is 0. The molecule has 3 heterocycles. The Balaban J connectivity index is 1.59. The van der Waals surface area contributed by atoms with Gasteiger partial charge in [0.2, 0.25) is 5.95 Å². The summed E-state index contributed by atoms with van der Waals surface area (Å²) in [4.78, 5) is 26.3. The second-order valence-corrected chi connectivity index (χ2v) is 7.31. The summed E-state index contributed by atoms with van der Waals surface area (Å²) in [6.45, 7) is 2.48. The SMILES string of the molecule is COc1ccc2c(N)nc(N3CCN(C(=O)c4cccs4)CC3)nc2c1OC. The number of piperazine rings is 1. The summed E-state index contributed by atoms with van der Waals surface area (Å²) in [5.74, 6) is 2.10. The van der Waals surface area contributed by atoms with Gasteiger partial charge in [0, 0.05) is 31.6 Å². The maximum Gasteiger partial charge on any atom is 0.264 e. The Morgan fingerprint density at radius 1 is 1.11 bits per heavy atom. The molecule has 8 nitrogen and oxygen atoms in total. The number of carbonyl (C=O) groups excluding carboxylic acids is 1. The third-order valence-corrected chi connectivity index (χ3v) is 5.67. The number of rotatable bonds is 4. The average molecular weight is 399 g/mol. The highest BCUT2D eigenvalue weighted by atomic mass is 32.1. The molecule has 2 N–H and O–H groups in total. The van der Waals surface area contributed by atoms with Crippen molar-refractivity contribution < 1.29 is 14.3 Å². The standard InChI is InChI=1S/C19H21N5O3S/c1-26-13-6-5-12-15(16(13)27-2)21-19(22-17(12)20)24-9-7-23(8-10-24)18(25)14-4-3-11-28-14/h3-6,11H,7-10H2,1-2H3,(H2,20,21,22). The van der Waals surface area contributed by atoms with Gasteiger partial charge in [-0.1, -0.05) is 6.07 Å². The van der Waals surface area contributed by atoms with Crippen LogP contribution in [0.3, 0.4) is 0 Å². The number of benzene rings is 1. The fraction of sp³-hybridized carbons (Fsp3) is 0.316. The van der Waals surface area contributed by atoms with Gasteiger partial charge in [0.25, 0.3) is 5.91 Å². The third kappa shape index (κ3) is 3.18. The number of nitrogens with two attached hydrogens (primary N) is 1. The van der Waals surface area contributed by atoms with E-state index >= 15 is 0 Å². The minimum absolute atomic E-state index is 0.0694. The van der Waals surface area contributed by atoms with Crippen molar-refractivity contribution in [1.82, 2.24) is 14.9 Å². The van der Waals surface area contributed by atoms with Crippen LogP contribution in [-0.2, 0) is 0 Å². The first-order valence-corrected chi connectivity index (χ1v) is 9.76. The largest absolute Gasteiger partial charge is 0.493 e. The number of ether oxygens (including phenoxy) is 2. The molecular formula is C19H21N5O3S. The van der Waals surface area contributed by atoms with Gasteiger partial charge >= 0.3 is 0 Å². The Morgan fingerprint density at radius 3 is 2.54 bits per heavy atom. The van der Waals surface area contributed by atoms with E-state index in [-0.39, 0.29) is 5.91 Å². The second kappa shape index (κ2) is 7.51. The Morgan fingerprint density at radius 2 is 1.89 bits per heavy atom. The van der Waals surface area contributed by atoms with Crippen LogP contribution < -0.4 is 20.1 Å². The Hall–Kier alpha value is -3.07. The van der Waals surface area contributed by atoms with E-state index < -0.39 is 0 Å². The van der Waals surface area contributed by atoms with Crippen molar-refractivity contribution in [3.8, 4) is 11.5 Å². The topological polar surface area (TPSA) is 93.8 Å². The van der Waals surface area contributed by atoms with E-state index in [9.17, 15) is 4.79 Å². The monoisotopic (exact) mass is 399 g/mol. The van der Waals surface area contributed by atoms with Gasteiger partial charge in [0.15, 0.2) is 11.5 Å². The number of hydrogen-bond acceptors (Lipinski definition) is 8. The fourth-order valence-electron chi connectivity index (χ4n) is 3.33. The lowest BCUT2D eigenvalue weighted by molar-refractivity contribution is 0.0751. The van der Waals surface area contributed by atoms with Crippen LogP contribution in [-0.4, -0.2) is 61.2 Å². The third-order valence-electron chi connectivity index (χ3n) is 4.81. The van der Waals surface area contributed by atoms with E-state index in [1.54, 1.807) is 20.3 Å². The number of methoxy groups -OCH3 is 2. The number of fused-ring (bicyclic) bond motifs is 1. The highest BCUT2D eigenvalue weighted by Gasteiger charge is 2.25. The summed E-state index contributed by atoms with van der Waals surface area (Å²) in [5.41, 5.74) is 6.79. The normalized spacial score (nSPS) is 14.4. The van der Waals surface area contributed by atoms with Crippen LogP contribution in [0.5, 0.6) is 11.5 Å².